The summed E-state index contributed by atoms with van der Waals surface area (Å²) in [6.07, 6.45) is 0. The van der Waals surface area contributed by atoms with Crippen molar-refractivity contribution in [2.24, 2.45) is 0 Å². The van der Waals surface area contributed by atoms with Crippen LogP contribution in [0.25, 0.3) is 0 Å². The van der Waals surface area contributed by atoms with Gasteiger partial charge in [-0.2, -0.15) is 0 Å². The molecule has 0 spiro atoms. The first kappa shape index (κ1) is 12.7. The Hall–Kier alpha value is -2.38. The number of carbonyl (C=O) groups excluding carboxylic acids is 1. The molecule has 0 saturated carbocycles. The molecule has 0 bridgehead atoms. The largest absolute Gasteiger partial charge is 0.465 e. The molecule has 3 N–H and O–H groups in total. The molecule has 8 nitrogen and oxygen atoms in total. The van der Waals surface area contributed by atoms with Gasteiger partial charge in [0.05, 0.1) is 23.7 Å². The van der Waals surface area contributed by atoms with Crippen LogP contribution in [0.3, 0.4) is 0 Å². The van der Waals surface area contributed by atoms with Crippen LogP contribution < -0.4 is 11.1 Å². The second-order valence-electron chi connectivity index (χ2n) is 3.05. The standard InChI is InChI=1S/C9H12N4O4/c1-2-17-9(14)5-11-8-4-6(13(15)16)3-7(10)12-8/h3-4H,2,5H2,1H3,(H3,10,11,12). The molecule has 17 heavy (non-hydrogen) atoms. The van der Waals surface area contributed by atoms with Crippen LogP contribution in [0.4, 0.5) is 17.3 Å². The zero-order valence-electron chi connectivity index (χ0n) is 9.17. The van der Waals surface area contributed by atoms with Crippen LogP contribution in [0.15, 0.2) is 12.1 Å². The normalized spacial score (nSPS) is 9.71. The highest BCUT2D eigenvalue weighted by Gasteiger charge is 2.10. The SMILES string of the molecule is CCOC(=O)CNc1cc([N+](=O)[O-])cc(N)n1. The molecule has 92 valence electrons. The van der Waals surface area contributed by atoms with Gasteiger partial charge >= 0.3 is 5.97 Å². The number of anilines is 2. The second kappa shape index (κ2) is 5.64. The lowest BCUT2D eigenvalue weighted by molar-refractivity contribution is -0.384. The van der Waals surface area contributed by atoms with Crippen LogP contribution in [-0.4, -0.2) is 29.0 Å². The van der Waals surface area contributed by atoms with Crippen molar-refractivity contribution in [2.45, 2.75) is 6.92 Å². The lowest BCUT2D eigenvalue weighted by Crippen LogP contribution is -2.17. The van der Waals surface area contributed by atoms with Crippen LogP contribution in [0.1, 0.15) is 6.92 Å². The van der Waals surface area contributed by atoms with Gasteiger partial charge in [-0.25, -0.2) is 4.98 Å². The maximum atomic E-state index is 11.0. The molecule has 0 unspecified atom stereocenters. The summed E-state index contributed by atoms with van der Waals surface area (Å²) in [6.45, 7) is 1.83. The fourth-order valence-corrected chi connectivity index (χ4v) is 1.11. The van der Waals surface area contributed by atoms with E-state index in [0.29, 0.717) is 0 Å². The number of aromatic nitrogens is 1. The molecular formula is C9H12N4O4. The van der Waals surface area contributed by atoms with Gasteiger partial charge in [-0.1, -0.05) is 0 Å². The highest BCUT2D eigenvalue weighted by atomic mass is 16.6. The van der Waals surface area contributed by atoms with Crippen molar-refractivity contribution >= 4 is 23.3 Å². The Labute approximate surface area is 96.9 Å². The summed E-state index contributed by atoms with van der Waals surface area (Å²) in [7, 11) is 0. The first-order chi connectivity index (χ1) is 8.02. The predicted octanol–water partition coefficient (Wildman–Crippen LogP) is 0.547. The van der Waals surface area contributed by atoms with Crippen LogP contribution in [0.2, 0.25) is 0 Å². The van der Waals surface area contributed by atoms with E-state index in [9.17, 15) is 14.9 Å². The highest BCUT2D eigenvalue weighted by Crippen LogP contribution is 2.18. The third kappa shape index (κ3) is 3.93. The van der Waals surface area contributed by atoms with Gasteiger partial charge in [0.15, 0.2) is 0 Å². The van der Waals surface area contributed by atoms with E-state index in [2.05, 4.69) is 15.0 Å². The number of nitrogens with zero attached hydrogens (tertiary/aromatic N) is 2. The third-order valence-electron chi connectivity index (χ3n) is 1.76. The van der Waals surface area contributed by atoms with E-state index >= 15 is 0 Å². The maximum absolute atomic E-state index is 11.0. The highest BCUT2D eigenvalue weighted by molar-refractivity contribution is 5.74. The van der Waals surface area contributed by atoms with Crippen molar-refractivity contribution in [3.63, 3.8) is 0 Å². The van der Waals surface area contributed by atoms with E-state index in [1.165, 1.54) is 6.07 Å². The zero-order chi connectivity index (χ0) is 12.8. The topological polar surface area (TPSA) is 120 Å². The van der Waals surface area contributed by atoms with Crippen molar-refractivity contribution in [3.8, 4) is 0 Å². The van der Waals surface area contributed by atoms with E-state index in [0.717, 1.165) is 6.07 Å². The van der Waals surface area contributed by atoms with Crippen molar-refractivity contribution < 1.29 is 14.5 Å². The fraction of sp³-hybridized carbons (Fsp3) is 0.333. The molecule has 1 heterocycles. The average Bonchev–Trinajstić information content (AvgIpc) is 2.26. The zero-order valence-corrected chi connectivity index (χ0v) is 9.17. The van der Waals surface area contributed by atoms with E-state index in [4.69, 9.17) is 5.73 Å². The molecule has 0 radical (unpaired) electrons. The molecular weight excluding hydrogens is 228 g/mol. The van der Waals surface area contributed by atoms with Crippen molar-refractivity contribution in [1.82, 2.24) is 4.98 Å². The number of ether oxygens (including phenoxy) is 1. The van der Waals surface area contributed by atoms with Gasteiger partial charge in [0.25, 0.3) is 5.69 Å². The van der Waals surface area contributed by atoms with Crippen LogP contribution >= 0.6 is 0 Å². The van der Waals surface area contributed by atoms with Crippen LogP contribution in [-0.2, 0) is 9.53 Å². The Morgan fingerprint density at radius 2 is 2.35 bits per heavy atom. The number of esters is 1. The van der Waals surface area contributed by atoms with Gasteiger partial charge in [-0.05, 0) is 6.92 Å². The van der Waals surface area contributed by atoms with Crippen molar-refractivity contribution in [1.29, 1.82) is 0 Å². The number of nitrogens with two attached hydrogens (primary N) is 1. The number of hydrogen-bond donors (Lipinski definition) is 2. The summed E-state index contributed by atoms with van der Waals surface area (Å²) in [5.41, 5.74) is 5.20. The van der Waals surface area contributed by atoms with Crippen LogP contribution in [0.5, 0.6) is 0 Å². The Bertz CT molecular complexity index is 435. The number of hydrogen-bond acceptors (Lipinski definition) is 7. The monoisotopic (exact) mass is 240 g/mol. The lowest BCUT2D eigenvalue weighted by atomic mass is 10.3. The molecule has 0 aromatic carbocycles. The summed E-state index contributed by atoms with van der Waals surface area (Å²) in [5.74, 6) is -0.310. The number of pyridine rings is 1. The summed E-state index contributed by atoms with van der Waals surface area (Å²) >= 11 is 0. The van der Waals surface area contributed by atoms with E-state index in [1.807, 2.05) is 0 Å². The van der Waals surface area contributed by atoms with Crippen molar-refractivity contribution in [3.05, 3.63) is 22.2 Å². The van der Waals surface area contributed by atoms with Gasteiger partial charge in [0.2, 0.25) is 0 Å². The molecule has 8 heteroatoms. The quantitative estimate of drug-likeness (QED) is 0.438. The van der Waals surface area contributed by atoms with Crippen LogP contribution in [0, 0.1) is 10.1 Å². The van der Waals surface area contributed by atoms with Gasteiger partial charge in [-0.15, -0.1) is 0 Å². The molecule has 0 atom stereocenters. The number of nitrogens with one attached hydrogen (secondary N) is 1. The first-order valence-electron chi connectivity index (χ1n) is 4.84. The molecule has 0 fully saturated rings. The summed E-state index contributed by atoms with van der Waals surface area (Å²) in [4.78, 5) is 24.8. The minimum Gasteiger partial charge on any atom is -0.465 e. The van der Waals surface area contributed by atoms with Gasteiger partial charge < -0.3 is 15.8 Å². The van der Waals surface area contributed by atoms with Gasteiger partial charge in [0.1, 0.15) is 18.2 Å². The maximum Gasteiger partial charge on any atom is 0.325 e. The molecule has 1 rings (SSSR count). The minimum absolute atomic E-state index is 0.00515. The second-order valence-corrected chi connectivity index (χ2v) is 3.05. The number of nitrogen functional groups attached to an aromatic ring is 1. The van der Waals surface area contributed by atoms with Gasteiger partial charge in [0, 0.05) is 0 Å². The number of rotatable bonds is 5. The first-order valence-corrected chi connectivity index (χ1v) is 4.84. The summed E-state index contributed by atoms with van der Waals surface area (Å²) in [6, 6.07) is 2.32. The van der Waals surface area contributed by atoms with E-state index in [1.54, 1.807) is 6.92 Å². The molecule has 0 aliphatic carbocycles. The number of carbonyl (C=O) groups is 1. The Kier molecular flexibility index (Phi) is 4.21. The fourth-order valence-electron chi connectivity index (χ4n) is 1.11. The predicted molar refractivity (Wildman–Crippen MR) is 60.4 cm³/mol. The number of nitro groups is 1. The molecule has 1 aromatic heterocycles. The Morgan fingerprint density at radius 1 is 1.65 bits per heavy atom. The Balaban J connectivity index is 2.71. The summed E-state index contributed by atoms with van der Waals surface area (Å²) in [5, 5.41) is 13.1. The van der Waals surface area contributed by atoms with E-state index in [-0.39, 0.29) is 30.5 Å². The van der Waals surface area contributed by atoms with E-state index < -0.39 is 10.9 Å². The molecule has 0 amide bonds. The molecule has 0 saturated heterocycles. The molecule has 0 aliphatic heterocycles. The molecule has 1 aromatic rings. The van der Waals surface area contributed by atoms with Crippen molar-refractivity contribution in [2.75, 3.05) is 24.2 Å². The minimum atomic E-state index is -0.590. The lowest BCUT2D eigenvalue weighted by Gasteiger charge is -2.05. The van der Waals surface area contributed by atoms with Gasteiger partial charge in [-0.3, -0.25) is 14.9 Å². The third-order valence-corrected chi connectivity index (χ3v) is 1.76. The average molecular weight is 240 g/mol. The Morgan fingerprint density at radius 3 is 2.94 bits per heavy atom. The molecule has 0 aliphatic rings. The summed E-state index contributed by atoms with van der Waals surface area (Å²) < 4.78 is 4.68. The smallest absolute Gasteiger partial charge is 0.325 e.